The molecule has 3 N–H and O–H groups in total. The number of aromatic nitrogens is 2. The molecule has 0 radical (unpaired) electrons. The van der Waals surface area contributed by atoms with E-state index in [2.05, 4.69) is 4.98 Å². The minimum atomic E-state index is -0.833. The van der Waals surface area contributed by atoms with Crippen LogP contribution in [0.15, 0.2) is 36.7 Å². The van der Waals surface area contributed by atoms with Gasteiger partial charge in [0.15, 0.2) is 0 Å². The van der Waals surface area contributed by atoms with Gasteiger partial charge in [-0.15, -0.1) is 0 Å². The lowest BCUT2D eigenvalue weighted by Crippen LogP contribution is -2.06. The minimum Gasteiger partial charge on any atom is -0.481 e. The number of imidazole rings is 1. The molecule has 0 unspecified atom stereocenters. The van der Waals surface area contributed by atoms with E-state index in [1.54, 1.807) is 18.5 Å². The lowest BCUT2D eigenvalue weighted by Gasteiger charge is -2.09. The number of carboxylic acids is 1. The van der Waals surface area contributed by atoms with E-state index >= 15 is 0 Å². The van der Waals surface area contributed by atoms with Gasteiger partial charge in [0.2, 0.25) is 0 Å². The number of aliphatic carboxylic acids is 1. The summed E-state index contributed by atoms with van der Waals surface area (Å²) in [7, 11) is 0. The summed E-state index contributed by atoms with van der Waals surface area (Å²) in [4.78, 5) is 14.7. The summed E-state index contributed by atoms with van der Waals surface area (Å²) in [6.07, 6.45) is 3.87. The van der Waals surface area contributed by atoms with Gasteiger partial charge in [-0.1, -0.05) is 12.1 Å². The third kappa shape index (κ3) is 2.44. The number of benzene rings is 1. The van der Waals surface area contributed by atoms with Gasteiger partial charge in [0.25, 0.3) is 0 Å². The van der Waals surface area contributed by atoms with Crippen LogP contribution in [0, 0.1) is 0 Å². The van der Waals surface area contributed by atoms with Gasteiger partial charge in [0.1, 0.15) is 5.82 Å². The average molecular weight is 231 g/mol. The van der Waals surface area contributed by atoms with Gasteiger partial charge in [-0.3, -0.25) is 4.79 Å². The van der Waals surface area contributed by atoms with E-state index in [9.17, 15) is 4.79 Å². The number of rotatable bonds is 4. The summed E-state index contributed by atoms with van der Waals surface area (Å²) in [6.45, 7) is 0. The zero-order valence-corrected chi connectivity index (χ0v) is 9.21. The van der Waals surface area contributed by atoms with Crippen LogP contribution in [0.2, 0.25) is 0 Å². The second kappa shape index (κ2) is 4.69. The van der Waals surface area contributed by atoms with Crippen molar-refractivity contribution in [2.24, 2.45) is 0 Å². The Labute approximate surface area is 98.5 Å². The lowest BCUT2D eigenvalue weighted by atomic mass is 10.2. The van der Waals surface area contributed by atoms with Crippen LogP contribution in [0.5, 0.6) is 0 Å². The Morgan fingerprint density at radius 3 is 2.88 bits per heavy atom. The second-order valence-electron chi connectivity index (χ2n) is 3.67. The molecule has 17 heavy (non-hydrogen) atoms. The van der Waals surface area contributed by atoms with Crippen LogP contribution >= 0.6 is 0 Å². The number of aryl methyl sites for hydroxylation is 1. The van der Waals surface area contributed by atoms with Gasteiger partial charge in [0.05, 0.1) is 17.8 Å². The molecule has 2 rings (SSSR count). The van der Waals surface area contributed by atoms with E-state index in [4.69, 9.17) is 10.8 Å². The number of nitrogens with two attached hydrogens (primary N) is 1. The molecule has 0 spiro atoms. The number of nitrogen functional groups attached to an aromatic ring is 1. The van der Waals surface area contributed by atoms with Crippen molar-refractivity contribution in [2.75, 3.05) is 5.73 Å². The summed E-state index contributed by atoms with van der Waals surface area (Å²) in [5.41, 5.74) is 7.34. The maximum atomic E-state index is 10.5. The highest BCUT2D eigenvalue weighted by Gasteiger charge is 2.08. The topological polar surface area (TPSA) is 81.1 Å². The molecule has 0 atom stereocenters. The van der Waals surface area contributed by atoms with E-state index in [0.29, 0.717) is 17.9 Å². The van der Waals surface area contributed by atoms with Crippen LogP contribution in [-0.2, 0) is 11.2 Å². The maximum Gasteiger partial charge on any atom is 0.303 e. The quantitative estimate of drug-likeness (QED) is 0.781. The molecule has 0 fully saturated rings. The van der Waals surface area contributed by atoms with Gasteiger partial charge in [-0.05, 0) is 12.1 Å². The molecular weight excluding hydrogens is 218 g/mol. The fraction of sp³-hybridized carbons (Fsp3) is 0.167. The Bertz CT molecular complexity index is 534. The molecule has 0 aliphatic heterocycles. The molecule has 2 aromatic rings. The van der Waals surface area contributed by atoms with Crippen molar-refractivity contribution in [3.8, 4) is 5.69 Å². The molecule has 1 heterocycles. The molecule has 0 aliphatic carbocycles. The van der Waals surface area contributed by atoms with Gasteiger partial charge < -0.3 is 15.4 Å². The largest absolute Gasteiger partial charge is 0.481 e. The fourth-order valence-corrected chi connectivity index (χ4v) is 1.66. The molecule has 0 aliphatic rings. The van der Waals surface area contributed by atoms with Gasteiger partial charge >= 0.3 is 5.97 Å². The SMILES string of the molecule is Nc1ccccc1-n1ccnc1CCC(=O)O. The number of carboxylic acid groups (broad SMARTS) is 1. The second-order valence-corrected chi connectivity index (χ2v) is 3.67. The molecule has 1 aromatic heterocycles. The molecular formula is C12H13N3O2. The van der Waals surface area contributed by atoms with Crippen LogP contribution in [0.4, 0.5) is 5.69 Å². The summed E-state index contributed by atoms with van der Waals surface area (Å²) in [6, 6.07) is 7.41. The molecule has 1 aromatic carbocycles. The number of nitrogens with zero attached hydrogens (tertiary/aromatic N) is 2. The van der Waals surface area contributed by atoms with Crippen molar-refractivity contribution in [1.82, 2.24) is 9.55 Å². The monoisotopic (exact) mass is 231 g/mol. The van der Waals surface area contributed by atoms with Crippen LogP contribution in [-0.4, -0.2) is 20.6 Å². The van der Waals surface area contributed by atoms with Crippen molar-refractivity contribution in [3.05, 3.63) is 42.5 Å². The van der Waals surface area contributed by atoms with Gasteiger partial charge in [-0.25, -0.2) is 4.98 Å². The number of hydrogen-bond donors (Lipinski definition) is 2. The molecule has 0 saturated heterocycles. The average Bonchev–Trinajstić information content (AvgIpc) is 2.75. The zero-order valence-electron chi connectivity index (χ0n) is 9.21. The summed E-state index contributed by atoms with van der Waals surface area (Å²) >= 11 is 0. The Morgan fingerprint density at radius 2 is 2.18 bits per heavy atom. The van der Waals surface area contributed by atoms with Crippen LogP contribution in [0.1, 0.15) is 12.2 Å². The van der Waals surface area contributed by atoms with Crippen molar-refractivity contribution < 1.29 is 9.90 Å². The summed E-state index contributed by atoms with van der Waals surface area (Å²) in [5.74, 6) is -0.133. The Balaban J connectivity index is 2.31. The maximum absolute atomic E-state index is 10.5. The molecule has 88 valence electrons. The molecule has 0 bridgehead atoms. The first-order valence-corrected chi connectivity index (χ1v) is 5.27. The van der Waals surface area contributed by atoms with Crippen molar-refractivity contribution in [1.29, 1.82) is 0 Å². The van der Waals surface area contributed by atoms with E-state index < -0.39 is 5.97 Å². The first kappa shape index (κ1) is 11.2. The predicted molar refractivity (Wildman–Crippen MR) is 63.9 cm³/mol. The third-order valence-corrected chi connectivity index (χ3v) is 2.48. The summed E-state index contributed by atoms with van der Waals surface area (Å²) < 4.78 is 1.82. The highest BCUT2D eigenvalue weighted by Crippen LogP contribution is 2.18. The van der Waals surface area contributed by atoms with Crippen LogP contribution in [0.25, 0.3) is 5.69 Å². The van der Waals surface area contributed by atoms with E-state index in [1.165, 1.54) is 0 Å². The third-order valence-electron chi connectivity index (χ3n) is 2.48. The predicted octanol–water partition coefficient (Wildman–Crippen LogP) is 1.47. The Hall–Kier alpha value is -2.30. The fourth-order valence-electron chi connectivity index (χ4n) is 1.66. The molecule has 0 amide bonds. The van der Waals surface area contributed by atoms with Crippen LogP contribution < -0.4 is 5.73 Å². The Kier molecular flexibility index (Phi) is 3.09. The number of hydrogen-bond acceptors (Lipinski definition) is 3. The molecule has 5 heteroatoms. The minimum absolute atomic E-state index is 0.0593. The van der Waals surface area contributed by atoms with Crippen molar-refractivity contribution in [3.63, 3.8) is 0 Å². The van der Waals surface area contributed by atoms with E-state index in [0.717, 1.165) is 5.69 Å². The van der Waals surface area contributed by atoms with Gasteiger partial charge in [0, 0.05) is 18.8 Å². The molecule has 5 nitrogen and oxygen atoms in total. The number of carbonyl (C=O) groups is 1. The highest BCUT2D eigenvalue weighted by atomic mass is 16.4. The zero-order chi connectivity index (χ0) is 12.3. The number of anilines is 1. The van der Waals surface area contributed by atoms with Gasteiger partial charge in [-0.2, -0.15) is 0 Å². The normalized spacial score (nSPS) is 10.4. The van der Waals surface area contributed by atoms with Crippen molar-refractivity contribution in [2.45, 2.75) is 12.8 Å². The smallest absolute Gasteiger partial charge is 0.303 e. The van der Waals surface area contributed by atoms with E-state index in [-0.39, 0.29) is 6.42 Å². The Morgan fingerprint density at radius 1 is 1.41 bits per heavy atom. The lowest BCUT2D eigenvalue weighted by molar-refractivity contribution is -0.137. The van der Waals surface area contributed by atoms with Crippen molar-refractivity contribution >= 4 is 11.7 Å². The first-order valence-electron chi connectivity index (χ1n) is 5.27. The van der Waals surface area contributed by atoms with Crippen LogP contribution in [0.3, 0.4) is 0 Å². The molecule has 0 saturated carbocycles. The summed E-state index contributed by atoms with van der Waals surface area (Å²) in [5, 5.41) is 8.67. The highest BCUT2D eigenvalue weighted by molar-refractivity contribution is 5.67. The standard InChI is InChI=1S/C12H13N3O2/c13-9-3-1-2-4-10(9)15-8-7-14-11(15)5-6-12(16)17/h1-4,7-8H,5-6,13H2,(H,16,17). The van der Waals surface area contributed by atoms with E-state index in [1.807, 2.05) is 22.8 Å². The first-order chi connectivity index (χ1) is 8.18. The number of para-hydroxylation sites is 2.